The molecule has 0 aliphatic rings. The van der Waals surface area contributed by atoms with Crippen LogP contribution in [0.2, 0.25) is 0 Å². The van der Waals surface area contributed by atoms with Crippen molar-refractivity contribution in [3.05, 3.63) is 60.7 Å². The quantitative estimate of drug-likeness (QED) is 0.363. The summed E-state index contributed by atoms with van der Waals surface area (Å²) in [4.78, 5) is 0. The Labute approximate surface area is 161 Å². The van der Waals surface area contributed by atoms with Gasteiger partial charge in [-0.25, -0.2) is 0 Å². The van der Waals surface area contributed by atoms with E-state index in [0.717, 1.165) is 59.5 Å². The van der Waals surface area contributed by atoms with Crippen molar-refractivity contribution in [3.63, 3.8) is 0 Å². The highest BCUT2D eigenvalue weighted by Gasteiger charge is 2.16. The van der Waals surface area contributed by atoms with E-state index in [1.54, 1.807) is 0 Å². The van der Waals surface area contributed by atoms with Gasteiger partial charge in [-0.3, -0.25) is 0 Å². The summed E-state index contributed by atoms with van der Waals surface area (Å²) in [5.41, 5.74) is 0. The molecule has 0 spiro atoms. The standard InChI is InChI=1S/C24H28O3/c1-3-5-17-25-21-14-10-11-19-15-16-22(27-20-12-8-7-9-13-20)24(23(19)21)26-18-6-4-2/h7-16H,3-6,17-18H2,1-2H3. The van der Waals surface area contributed by atoms with Crippen LogP contribution in [0.15, 0.2) is 60.7 Å². The minimum Gasteiger partial charge on any atom is -0.493 e. The Hall–Kier alpha value is -2.68. The lowest BCUT2D eigenvalue weighted by atomic mass is 10.1. The lowest BCUT2D eigenvalue weighted by Gasteiger charge is -2.17. The van der Waals surface area contributed by atoms with Crippen LogP contribution >= 0.6 is 0 Å². The highest BCUT2D eigenvalue weighted by molar-refractivity contribution is 5.96. The summed E-state index contributed by atoms with van der Waals surface area (Å²) < 4.78 is 18.4. The van der Waals surface area contributed by atoms with Crippen LogP contribution in [-0.4, -0.2) is 13.2 Å². The van der Waals surface area contributed by atoms with Gasteiger partial charge in [0.05, 0.1) is 18.6 Å². The highest BCUT2D eigenvalue weighted by atomic mass is 16.5. The highest BCUT2D eigenvalue weighted by Crippen LogP contribution is 2.42. The van der Waals surface area contributed by atoms with Crippen molar-refractivity contribution in [3.8, 4) is 23.0 Å². The van der Waals surface area contributed by atoms with Crippen LogP contribution in [0.4, 0.5) is 0 Å². The normalized spacial score (nSPS) is 10.7. The number of para-hydroxylation sites is 1. The van der Waals surface area contributed by atoms with Crippen molar-refractivity contribution in [2.75, 3.05) is 13.2 Å². The van der Waals surface area contributed by atoms with Gasteiger partial charge in [-0.2, -0.15) is 0 Å². The van der Waals surface area contributed by atoms with Gasteiger partial charge in [0.2, 0.25) is 0 Å². The Morgan fingerprint density at radius 3 is 2.15 bits per heavy atom. The molecule has 0 N–H and O–H groups in total. The number of hydrogen-bond acceptors (Lipinski definition) is 3. The second-order valence-electron chi connectivity index (χ2n) is 6.57. The zero-order valence-corrected chi connectivity index (χ0v) is 16.2. The average molecular weight is 364 g/mol. The molecular formula is C24H28O3. The molecule has 0 aliphatic heterocycles. The monoisotopic (exact) mass is 364 g/mol. The van der Waals surface area contributed by atoms with Crippen LogP contribution < -0.4 is 14.2 Å². The molecule has 3 heteroatoms. The van der Waals surface area contributed by atoms with Crippen molar-refractivity contribution < 1.29 is 14.2 Å². The van der Waals surface area contributed by atoms with E-state index in [1.807, 2.05) is 48.5 Å². The molecule has 0 atom stereocenters. The Morgan fingerprint density at radius 1 is 0.667 bits per heavy atom. The molecule has 3 aromatic carbocycles. The number of rotatable bonds is 10. The first-order valence-electron chi connectivity index (χ1n) is 9.87. The fourth-order valence-electron chi connectivity index (χ4n) is 2.90. The van der Waals surface area contributed by atoms with Crippen molar-refractivity contribution in [1.82, 2.24) is 0 Å². The maximum atomic E-state index is 6.21. The molecule has 0 amide bonds. The van der Waals surface area contributed by atoms with Crippen LogP contribution in [0.5, 0.6) is 23.0 Å². The third-order valence-corrected chi connectivity index (χ3v) is 4.39. The molecule has 3 nitrogen and oxygen atoms in total. The van der Waals surface area contributed by atoms with E-state index in [4.69, 9.17) is 14.2 Å². The second-order valence-corrected chi connectivity index (χ2v) is 6.57. The summed E-state index contributed by atoms with van der Waals surface area (Å²) in [5.74, 6) is 3.13. The van der Waals surface area contributed by atoms with Crippen molar-refractivity contribution >= 4 is 10.8 Å². The molecule has 0 aliphatic carbocycles. The molecule has 0 bridgehead atoms. The van der Waals surface area contributed by atoms with Gasteiger partial charge in [0.25, 0.3) is 0 Å². The topological polar surface area (TPSA) is 27.7 Å². The van der Waals surface area contributed by atoms with Gasteiger partial charge in [-0.05, 0) is 42.5 Å². The minimum atomic E-state index is 0.657. The molecule has 3 aromatic rings. The number of ether oxygens (including phenoxy) is 3. The Morgan fingerprint density at radius 2 is 1.41 bits per heavy atom. The molecule has 27 heavy (non-hydrogen) atoms. The predicted octanol–water partition coefficient (Wildman–Crippen LogP) is 6.99. The fraction of sp³-hybridized carbons (Fsp3) is 0.333. The predicted molar refractivity (Wildman–Crippen MR) is 111 cm³/mol. The van der Waals surface area contributed by atoms with E-state index in [1.165, 1.54) is 0 Å². The Bertz CT molecular complexity index is 843. The molecule has 0 aromatic heterocycles. The zero-order chi connectivity index (χ0) is 18.9. The van der Waals surface area contributed by atoms with Gasteiger partial charge in [0.15, 0.2) is 11.5 Å². The third-order valence-electron chi connectivity index (χ3n) is 4.39. The zero-order valence-electron chi connectivity index (χ0n) is 16.2. The summed E-state index contributed by atoms with van der Waals surface area (Å²) >= 11 is 0. The van der Waals surface area contributed by atoms with Crippen molar-refractivity contribution in [2.45, 2.75) is 39.5 Å². The van der Waals surface area contributed by atoms with Crippen molar-refractivity contribution in [2.24, 2.45) is 0 Å². The smallest absolute Gasteiger partial charge is 0.173 e. The SMILES string of the molecule is CCCCOc1cccc2ccc(Oc3ccccc3)c(OCCCC)c12. The summed E-state index contributed by atoms with van der Waals surface area (Å²) in [6, 6.07) is 20.0. The van der Waals surface area contributed by atoms with Crippen LogP contribution in [0, 0.1) is 0 Å². The molecule has 3 rings (SSSR count). The summed E-state index contributed by atoms with van der Waals surface area (Å²) in [5, 5.41) is 2.08. The molecule has 0 saturated carbocycles. The summed E-state index contributed by atoms with van der Waals surface area (Å²) in [6.45, 7) is 5.68. The third kappa shape index (κ3) is 4.94. The maximum Gasteiger partial charge on any atom is 0.173 e. The van der Waals surface area contributed by atoms with E-state index in [0.29, 0.717) is 13.2 Å². The second kappa shape index (κ2) is 9.86. The Kier molecular flexibility index (Phi) is 6.97. The molecular weight excluding hydrogens is 336 g/mol. The molecule has 0 radical (unpaired) electrons. The lowest BCUT2D eigenvalue weighted by molar-refractivity contribution is 0.293. The first-order valence-corrected chi connectivity index (χ1v) is 9.87. The van der Waals surface area contributed by atoms with E-state index in [-0.39, 0.29) is 0 Å². The first-order chi connectivity index (χ1) is 13.3. The average Bonchev–Trinajstić information content (AvgIpc) is 2.70. The van der Waals surface area contributed by atoms with Gasteiger partial charge in [-0.15, -0.1) is 0 Å². The minimum absolute atomic E-state index is 0.657. The molecule has 0 saturated heterocycles. The van der Waals surface area contributed by atoms with Crippen LogP contribution in [0.25, 0.3) is 10.8 Å². The maximum absolute atomic E-state index is 6.21. The van der Waals surface area contributed by atoms with Crippen LogP contribution in [0.3, 0.4) is 0 Å². The van der Waals surface area contributed by atoms with Crippen LogP contribution in [-0.2, 0) is 0 Å². The largest absolute Gasteiger partial charge is 0.493 e. The first kappa shape index (κ1) is 19.1. The van der Waals surface area contributed by atoms with E-state index in [9.17, 15) is 0 Å². The van der Waals surface area contributed by atoms with Gasteiger partial charge in [-0.1, -0.05) is 63.1 Å². The fourth-order valence-corrected chi connectivity index (χ4v) is 2.90. The van der Waals surface area contributed by atoms with E-state index >= 15 is 0 Å². The van der Waals surface area contributed by atoms with Gasteiger partial charge >= 0.3 is 0 Å². The molecule has 0 heterocycles. The number of benzene rings is 3. The lowest BCUT2D eigenvalue weighted by Crippen LogP contribution is -2.02. The van der Waals surface area contributed by atoms with Gasteiger partial charge in [0.1, 0.15) is 11.5 Å². The van der Waals surface area contributed by atoms with E-state index in [2.05, 4.69) is 26.0 Å². The van der Waals surface area contributed by atoms with Crippen molar-refractivity contribution in [1.29, 1.82) is 0 Å². The number of hydrogen-bond donors (Lipinski definition) is 0. The van der Waals surface area contributed by atoms with Gasteiger partial charge < -0.3 is 14.2 Å². The van der Waals surface area contributed by atoms with E-state index < -0.39 is 0 Å². The molecule has 142 valence electrons. The summed E-state index contributed by atoms with van der Waals surface area (Å²) in [6.07, 6.45) is 4.22. The Balaban J connectivity index is 2.02. The number of unbranched alkanes of at least 4 members (excludes halogenated alkanes) is 2. The molecule has 0 fully saturated rings. The van der Waals surface area contributed by atoms with Gasteiger partial charge in [0, 0.05) is 0 Å². The molecule has 0 unspecified atom stereocenters. The summed E-state index contributed by atoms with van der Waals surface area (Å²) in [7, 11) is 0. The van der Waals surface area contributed by atoms with Crippen LogP contribution in [0.1, 0.15) is 39.5 Å². The number of fused-ring (bicyclic) bond motifs is 1.